The Morgan fingerprint density at radius 3 is 2.52 bits per heavy atom. The van der Waals surface area contributed by atoms with E-state index >= 15 is 0 Å². The molecule has 118 valence electrons. The van der Waals surface area contributed by atoms with Crippen molar-refractivity contribution in [1.29, 1.82) is 0 Å². The second-order valence-corrected chi connectivity index (χ2v) is 7.83. The third kappa shape index (κ3) is 3.74. The topological polar surface area (TPSA) is 67.6 Å². The predicted octanol–water partition coefficient (Wildman–Crippen LogP) is 3.07. The Labute approximate surface area is 126 Å². The molecule has 0 aromatic carbocycles. The van der Waals surface area contributed by atoms with Crippen LogP contribution in [-0.2, 0) is 10.0 Å². The molecule has 2 rings (SSSR count). The zero-order valence-corrected chi connectivity index (χ0v) is 13.4. The number of sulfonamides is 1. The fourth-order valence-electron chi connectivity index (χ4n) is 2.73. The molecule has 0 bridgehead atoms. The highest BCUT2D eigenvalue weighted by Gasteiger charge is 2.35. The van der Waals surface area contributed by atoms with Gasteiger partial charge in [0.1, 0.15) is 0 Å². The molecule has 21 heavy (non-hydrogen) atoms. The summed E-state index contributed by atoms with van der Waals surface area (Å²) in [6.07, 6.45) is 5.27. The Kier molecular flexibility index (Phi) is 5.22. The number of hydrogen-bond donors (Lipinski definition) is 0. The minimum Gasteiger partial charge on any atom is -0.440 e. The molecule has 5 nitrogen and oxygen atoms in total. The number of hydrogen-bond acceptors (Lipinski definition) is 4. The highest BCUT2D eigenvalue weighted by Crippen LogP contribution is 2.29. The molecule has 0 unspecified atom stereocenters. The lowest BCUT2D eigenvalue weighted by Crippen LogP contribution is -2.39. The summed E-state index contributed by atoms with van der Waals surface area (Å²) in [5.74, 6) is 0.482. The number of carbonyl (C=O) groups is 1. The first-order chi connectivity index (χ1) is 9.95. The van der Waals surface area contributed by atoms with E-state index in [1.807, 2.05) is 0 Å². The molecule has 0 N–H and O–H groups in total. The van der Waals surface area contributed by atoms with Crippen molar-refractivity contribution in [3.8, 4) is 0 Å². The van der Waals surface area contributed by atoms with E-state index < -0.39 is 10.0 Å². The van der Waals surface area contributed by atoms with E-state index in [0.717, 1.165) is 32.1 Å². The van der Waals surface area contributed by atoms with Crippen molar-refractivity contribution in [2.45, 2.75) is 57.1 Å². The molecule has 1 aromatic heterocycles. The Morgan fingerprint density at radius 2 is 2.00 bits per heavy atom. The summed E-state index contributed by atoms with van der Waals surface area (Å²) in [5, 5.41) is -0.125. The SMILES string of the molecule is CC(C)CCN(C1CCCC1)S(=O)(=O)c1ccc(C=O)o1. The van der Waals surface area contributed by atoms with Gasteiger partial charge in [-0.1, -0.05) is 26.7 Å². The molecule has 1 aromatic rings. The predicted molar refractivity (Wildman–Crippen MR) is 79.7 cm³/mol. The first kappa shape index (κ1) is 16.2. The van der Waals surface area contributed by atoms with E-state index in [-0.39, 0.29) is 16.9 Å². The normalized spacial score (nSPS) is 17.0. The maximum Gasteiger partial charge on any atom is 0.276 e. The van der Waals surface area contributed by atoms with Gasteiger partial charge in [-0.25, -0.2) is 8.42 Å². The van der Waals surface area contributed by atoms with Crippen LogP contribution in [0.3, 0.4) is 0 Å². The van der Waals surface area contributed by atoms with E-state index in [9.17, 15) is 13.2 Å². The van der Waals surface area contributed by atoms with Crippen molar-refractivity contribution in [2.24, 2.45) is 5.92 Å². The van der Waals surface area contributed by atoms with Crippen LogP contribution in [0.2, 0.25) is 0 Å². The van der Waals surface area contributed by atoms with E-state index in [1.54, 1.807) is 4.31 Å². The fourth-order valence-corrected chi connectivity index (χ4v) is 4.35. The molecule has 0 radical (unpaired) electrons. The summed E-state index contributed by atoms with van der Waals surface area (Å²) in [7, 11) is -3.66. The van der Waals surface area contributed by atoms with Gasteiger partial charge in [-0.05, 0) is 37.3 Å². The molecule has 0 aliphatic heterocycles. The van der Waals surface area contributed by atoms with Crippen molar-refractivity contribution in [3.63, 3.8) is 0 Å². The Morgan fingerprint density at radius 1 is 1.33 bits per heavy atom. The van der Waals surface area contributed by atoms with Gasteiger partial charge in [-0.3, -0.25) is 4.79 Å². The quantitative estimate of drug-likeness (QED) is 0.726. The Bertz CT molecular complexity index is 570. The van der Waals surface area contributed by atoms with Gasteiger partial charge in [0.2, 0.25) is 5.09 Å². The average Bonchev–Trinajstić information content (AvgIpc) is 3.09. The molecule has 0 amide bonds. The van der Waals surface area contributed by atoms with Gasteiger partial charge in [0.05, 0.1) is 0 Å². The lowest BCUT2D eigenvalue weighted by Gasteiger charge is -2.27. The highest BCUT2D eigenvalue weighted by atomic mass is 32.2. The number of nitrogens with zero attached hydrogens (tertiary/aromatic N) is 1. The molecule has 0 spiro atoms. The molecule has 1 saturated carbocycles. The minimum atomic E-state index is -3.66. The Balaban J connectivity index is 2.26. The van der Waals surface area contributed by atoms with Gasteiger partial charge in [-0.2, -0.15) is 4.31 Å². The smallest absolute Gasteiger partial charge is 0.276 e. The number of carbonyl (C=O) groups excluding carboxylic acids is 1. The summed E-state index contributed by atoms with van der Waals surface area (Å²) in [6.45, 7) is 4.66. The molecule has 1 heterocycles. The monoisotopic (exact) mass is 313 g/mol. The summed E-state index contributed by atoms with van der Waals surface area (Å²) < 4.78 is 32.3. The first-order valence-electron chi connectivity index (χ1n) is 7.52. The Hall–Kier alpha value is -1.14. The fraction of sp³-hybridized carbons (Fsp3) is 0.667. The number of rotatable bonds is 7. The van der Waals surface area contributed by atoms with E-state index in [2.05, 4.69) is 13.8 Å². The minimum absolute atomic E-state index is 0.0452. The lowest BCUT2D eigenvalue weighted by molar-refractivity contribution is 0.109. The summed E-state index contributed by atoms with van der Waals surface area (Å²) >= 11 is 0. The van der Waals surface area contributed by atoms with Crippen LogP contribution in [-0.4, -0.2) is 31.6 Å². The maximum absolute atomic E-state index is 12.8. The molecule has 1 aliphatic carbocycles. The van der Waals surface area contributed by atoms with Gasteiger partial charge in [0, 0.05) is 12.6 Å². The van der Waals surface area contributed by atoms with Crippen LogP contribution in [0.25, 0.3) is 0 Å². The molecule has 6 heteroatoms. The number of furan rings is 1. The molecule has 0 atom stereocenters. The van der Waals surface area contributed by atoms with Gasteiger partial charge in [0.15, 0.2) is 12.0 Å². The van der Waals surface area contributed by atoms with Crippen molar-refractivity contribution in [2.75, 3.05) is 6.54 Å². The molecule has 1 fully saturated rings. The van der Waals surface area contributed by atoms with Crippen molar-refractivity contribution in [3.05, 3.63) is 17.9 Å². The largest absolute Gasteiger partial charge is 0.440 e. The molecule has 1 aliphatic rings. The van der Waals surface area contributed by atoms with E-state index in [1.165, 1.54) is 12.1 Å². The van der Waals surface area contributed by atoms with Crippen molar-refractivity contribution in [1.82, 2.24) is 4.31 Å². The van der Waals surface area contributed by atoms with Crippen LogP contribution in [0, 0.1) is 5.92 Å². The third-order valence-electron chi connectivity index (χ3n) is 3.94. The van der Waals surface area contributed by atoms with Crippen LogP contribution in [0.1, 0.15) is 56.5 Å². The van der Waals surface area contributed by atoms with Crippen molar-refractivity contribution < 1.29 is 17.6 Å². The summed E-state index contributed by atoms with van der Waals surface area (Å²) in [4.78, 5) is 10.7. The maximum atomic E-state index is 12.8. The second-order valence-electron chi connectivity index (χ2n) is 6.01. The third-order valence-corrected chi connectivity index (χ3v) is 5.77. The summed E-state index contributed by atoms with van der Waals surface area (Å²) in [5.41, 5.74) is 0. The van der Waals surface area contributed by atoms with E-state index in [0.29, 0.717) is 18.7 Å². The van der Waals surface area contributed by atoms with E-state index in [4.69, 9.17) is 4.42 Å². The van der Waals surface area contributed by atoms with Gasteiger partial charge in [0.25, 0.3) is 10.0 Å². The zero-order chi connectivity index (χ0) is 15.5. The first-order valence-corrected chi connectivity index (χ1v) is 8.96. The van der Waals surface area contributed by atoms with Crippen LogP contribution >= 0.6 is 0 Å². The molecular weight excluding hydrogens is 290 g/mol. The van der Waals surface area contributed by atoms with Crippen molar-refractivity contribution >= 4 is 16.3 Å². The van der Waals surface area contributed by atoms with Crippen LogP contribution in [0.4, 0.5) is 0 Å². The molecular formula is C15H23NO4S. The lowest BCUT2D eigenvalue weighted by atomic mass is 10.1. The van der Waals surface area contributed by atoms with Gasteiger partial charge in [-0.15, -0.1) is 0 Å². The van der Waals surface area contributed by atoms with Crippen LogP contribution in [0.15, 0.2) is 21.6 Å². The number of aldehydes is 1. The summed E-state index contributed by atoms with van der Waals surface area (Å²) in [6, 6.07) is 2.82. The highest BCUT2D eigenvalue weighted by molar-refractivity contribution is 7.89. The molecule has 0 saturated heterocycles. The zero-order valence-electron chi connectivity index (χ0n) is 12.6. The van der Waals surface area contributed by atoms with Crippen LogP contribution < -0.4 is 0 Å². The standard InChI is InChI=1S/C15H23NO4S/c1-12(2)9-10-16(13-5-3-4-6-13)21(18,19)15-8-7-14(11-17)20-15/h7-8,11-13H,3-6,9-10H2,1-2H3. The van der Waals surface area contributed by atoms with Gasteiger partial charge >= 0.3 is 0 Å². The average molecular weight is 313 g/mol. The second kappa shape index (κ2) is 6.75. The van der Waals surface area contributed by atoms with Gasteiger partial charge < -0.3 is 4.42 Å². The van der Waals surface area contributed by atoms with Crippen LogP contribution in [0.5, 0.6) is 0 Å².